The van der Waals surface area contributed by atoms with Crippen molar-refractivity contribution in [3.05, 3.63) is 53.9 Å². The van der Waals surface area contributed by atoms with Gasteiger partial charge in [0.2, 0.25) is 0 Å². The van der Waals surface area contributed by atoms with Crippen LogP contribution in [0.1, 0.15) is 25.0 Å². The van der Waals surface area contributed by atoms with Crippen molar-refractivity contribution in [2.45, 2.75) is 31.8 Å². The van der Waals surface area contributed by atoms with Gasteiger partial charge in [-0.3, -0.25) is 9.55 Å². The van der Waals surface area contributed by atoms with Gasteiger partial charge in [-0.2, -0.15) is 5.26 Å². The molecule has 0 saturated heterocycles. The first-order chi connectivity index (χ1) is 12.3. The van der Waals surface area contributed by atoms with Gasteiger partial charge in [-0.1, -0.05) is 43.8 Å². The topological polar surface area (TPSA) is 67.4 Å². The van der Waals surface area contributed by atoms with Gasteiger partial charge < -0.3 is 0 Å². The molecule has 0 saturated carbocycles. The smallest absolute Gasteiger partial charge is 0.197 e. The Morgan fingerprint density at radius 1 is 1.08 bits per heavy atom. The molecule has 0 radical (unpaired) electrons. The minimum atomic E-state index is 0.334. The summed E-state index contributed by atoms with van der Waals surface area (Å²) in [5.41, 5.74) is 4.51. The Labute approximate surface area is 151 Å². The maximum absolute atomic E-state index is 8.98. The van der Waals surface area contributed by atoms with Gasteiger partial charge in [0.15, 0.2) is 11.0 Å². The van der Waals surface area contributed by atoms with Gasteiger partial charge in [-0.25, -0.2) is 0 Å². The van der Waals surface area contributed by atoms with Crippen molar-refractivity contribution in [2.24, 2.45) is 0 Å². The Hall–Kier alpha value is -2.65. The fourth-order valence-corrected chi connectivity index (χ4v) is 3.45. The number of pyridine rings is 1. The maximum Gasteiger partial charge on any atom is 0.197 e. The zero-order valence-electron chi connectivity index (χ0n) is 14.3. The molecular formula is C19H19N5S. The van der Waals surface area contributed by atoms with Gasteiger partial charge >= 0.3 is 0 Å². The molecule has 1 aromatic carbocycles. The summed E-state index contributed by atoms with van der Waals surface area (Å²) in [5, 5.41) is 18.5. The molecule has 2 heterocycles. The molecule has 6 heteroatoms. The van der Waals surface area contributed by atoms with Crippen LogP contribution >= 0.6 is 11.8 Å². The first-order valence-corrected chi connectivity index (χ1v) is 9.25. The molecule has 0 fully saturated rings. The van der Waals surface area contributed by atoms with Gasteiger partial charge in [-0.05, 0) is 36.1 Å². The van der Waals surface area contributed by atoms with E-state index in [4.69, 9.17) is 5.26 Å². The molecule has 0 atom stereocenters. The van der Waals surface area contributed by atoms with Crippen LogP contribution in [0.2, 0.25) is 0 Å². The number of nitrogens with zero attached hydrogens (tertiary/aromatic N) is 5. The molecule has 25 heavy (non-hydrogen) atoms. The normalized spacial score (nSPS) is 10.6. The Kier molecular flexibility index (Phi) is 5.46. The lowest BCUT2D eigenvalue weighted by atomic mass is 10.0. The van der Waals surface area contributed by atoms with Gasteiger partial charge in [-0.15, -0.1) is 10.2 Å². The number of nitriles is 1. The number of rotatable bonds is 6. The Morgan fingerprint density at radius 2 is 1.84 bits per heavy atom. The van der Waals surface area contributed by atoms with Crippen LogP contribution < -0.4 is 0 Å². The second-order valence-corrected chi connectivity index (χ2v) is 6.40. The number of hydrogen-bond donors (Lipinski definition) is 0. The molecule has 0 amide bonds. The third-order valence-electron chi connectivity index (χ3n) is 4.01. The summed E-state index contributed by atoms with van der Waals surface area (Å²) in [5.74, 6) is 1.09. The van der Waals surface area contributed by atoms with Crippen LogP contribution in [0.25, 0.3) is 17.1 Å². The minimum absolute atomic E-state index is 0.334. The number of aromatic nitrogens is 4. The summed E-state index contributed by atoms with van der Waals surface area (Å²) in [6.45, 7) is 4.29. The highest BCUT2D eigenvalue weighted by molar-refractivity contribution is 7.99. The van der Waals surface area contributed by atoms with Crippen molar-refractivity contribution < 1.29 is 0 Å². The van der Waals surface area contributed by atoms with E-state index < -0.39 is 0 Å². The van der Waals surface area contributed by atoms with Crippen molar-refractivity contribution in [1.82, 2.24) is 19.7 Å². The highest BCUT2D eigenvalue weighted by atomic mass is 32.2. The summed E-state index contributed by atoms with van der Waals surface area (Å²) >= 11 is 1.40. The number of benzene rings is 1. The first-order valence-electron chi connectivity index (χ1n) is 8.26. The molecule has 0 spiro atoms. The van der Waals surface area contributed by atoms with Gasteiger partial charge in [0.05, 0.1) is 17.5 Å². The second-order valence-electron chi connectivity index (χ2n) is 5.46. The molecule has 3 aromatic rings. The number of hydrogen-bond acceptors (Lipinski definition) is 5. The van der Waals surface area contributed by atoms with E-state index in [0.717, 1.165) is 35.1 Å². The molecule has 2 aromatic heterocycles. The predicted molar refractivity (Wildman–Crippen MR) is 99.7 cm³/mol. The van der Waals surface area contributed by atoms with Crippen LogP contribution in [0.4, 0.5) is 0 Å². The van der Waals surface area contributed by atoms with E-state index in [9.17, 15) is 0 Å². The van der Waals surface area contributed by atoms with E-state index in [1.54, 1.807) is 12.4 Å². The lowest BCUT2D eigenvalue weighted by Gasteiger charge is -2.17. The molecule has 0 aliphatic carbocycles. The maximum atomic E-state index is 8.98. The van der Waals surface area contributed by atoms with Crippen LogP contribution in [0.5, 0.6) is 0 Å². The molecule has 0 N–H and O–H groups in total. The third-order valence-corrected chi connectivity index (χ3v) is 4.80. The summed E-state index contributed by atoms with van der Waals surface area (Å²) in [7, 11) is 0. The summed E-state index contributed by atoms with van der Waals surface area (Å²) in [4.78, 5) is 4.21. The predicted octanol–water partition coefficient (Wildman–Crippen LogP) is 4.07. The van der Waals surface area contributed by atoms with Crippen LogP contribution in [-0.2, 0) is 12.8 Å². The average molecular weight is 349 g/mol. The Balaban J connectivity index is 2.27. The van der Waals surface area contributed by atoms with E-state index in [0.29, 0.717) is 5.75 Å². The molecule has 126 valence electrons. The first kappa shape index (κ1) is 17.2. The van der Waals surface area contributed by atoms with Crippen LogP contribution in [0.15, 0.2) is 47.9 Å². The van der Waals surface area contributed by atoms with Gasteiger partial charge in [0, 0.05) is 18.0 Å². The molecule has 0 bridgehead atoms. The minimum Gasteiger partial charge on any atom is -0.269 e. The molecule has 3 rings (SSSR count). The molecule has 0 aliphatic heterocycles. The highest BCUT2D eigenvalue weighted by Gasteiger charge is 2.20. The van der Waals surface area contributed by atoms with Crippen molar-refractivity contribution in [3.63, 3.8) is 0 Å². The van der Waals surface area contributed by atoms with E-state index >= 15 is 0 Å². The quantitative estimate of drug-likeness (QED) is 0.628. The standard InChI is InChI=1S/C19H19N5S/c1-3-14-7-5-8-15(4-2)17(14)24-18(16-9-6-11-21-13-16)22-23-19(24)25-12-10-20/h5-9,11,13H,3-4,12H2,1-2H3. The lowest BCUT2D eigenvalue weighted by molar-refractivity contribution is 0.859. The van der Waals surface area contributed by atoms with E-state index in [1.807, 2.05) is 12.1 Å². The number of para-hydroxylation sites is 1. The SMILES string of the molecule is CCc1cccc(CC)c1-n1c(SCC#N)nnc1-c1cccnc1. The molecule has 5 nitrogen and oxygen atoms in total. The van der Waals surface area contributed by atoms with Crippen LogP contribution in [0, 0.1) is 11.3 Å². The third kappa shape index (κ3) is 3.42. The summed E-state index contributed by atoms with van der Waals surface area (Å²) in [6, 6.07) is 12.4. The Bertz CT molecular complexity index is 874. The molecular weight excluding hydrogens is 330 g/mol. The second kappa shape index (κ2) is 7.95. The fraction of sp³-hybridized carbons (Fsp3) is 0.263. The molecule has 0 aliphatic rings. The van der Waals surface area contributed by atoms with Crippen LogP contribution in [0.3, 0.4) is 0 Å². The highest BCUT2D eigenvalue weighted by Crippen LogP contribution is 2.31. The molecule has 0 unspecified atom stereocenters. The summed E-state index contributed by atoms with van der Waals surface area (Å²) < 4.78 is 2.08. The van der Waals surface area contributed by atoms with Crippen molar-refractivity contribution in [3.8, 4) is 23.1 Å². The van der Waals surface area contributed by atoms with E-state index in [-0.39, 0.29) is 0 Å². The van der Waals surface area contributed by atoms with Crippen molar-refractivity contribution in [2.75, 3.05) is 5.75 Å². The van der Waals surface area contributed by atoms with E-state index in [2.05, 4.69) is 57.9 Å². The van der Waals surface area contributed by atoms with Crippen LogP contribution in [-0.4, -0.2) is 25.5 Å². The van der Waals surface area contributed by atoms with Crippen molar-refractivity contribution >= 4 is 11.8 Å². The lowest BCUT2D eigenvalue weighted by Crippen LogP contribution is -2.07. The van der Waals surface area contributed by atoms with Gasteiger partial charge in [0.1, 0.15) is 0 Å². The Morgan fingerprint density at radius 3 is 2.44 bits per heavy atom. The fourth-order valence-electron chi connectivity index (χ4n) is 2.85. The zero-order chi connectivity index (χ0) is 17.6. The monoisotopic (exact) mass is 349 g/mol. The summed E-state index contributed by atoms with van der Waals surface area (Å²) in [6.07, 6.45) is 5.36. The van der Waals surface area contributed by atoms with Gasteiger partial charge in [0.25, 0.3) is 0 Å². The number of aryl methyl sites for hydroxylation is 2. The number of thioether (sulfide) groups is 1. The van der Waals surface area contributed by atoms with E-state index in [1.165, 1.54) is 22.9 Å². The largest absolute Gasteiger partial charge is 0.269 e. The average Bonchev–Trinajstić information content (AvgIpc) is 3.09. The zero-order valence-corrected chi connectivity index (χ0v) is 15.1. The van der Waals surface area contributed by atoms with Crippen molar-refractivity contribution in [1.29, 1.82) is 5.26 Å².